The number of thiazole rings is 1. The number of hydrogen-bond acceptors (Lipinski definition) is 6. The second kappa shape index (κ2) is 9.01. The molecule has 5 nitrogen and oxygen atoms in total. The summed E-state index contributed by atoms with van der Waals surface area (Å²) in [4.78, 5) is 14.4. The van der Waals surface area contributed by atoms with Gasteiger partial charge in [-0.3, -0.25) is 4.99 Å². The molecule has 5 aromatic rings. The zero-order valence-electron chi connectivity index (χ0n) is 20.2. The molecular weight excluding hydrogens is 544 g/mol. The van der Waals surface area contributed by atoms with Crippen LogP contribution in [0.3, 0.4) is 0 Å². The third-order valence-corrected chi connectivity index (χ3v) is 8.27. The highest BCUT2D eigenvalue weighted by molar-refractivity contribution is 9.10. The zero-order chi connectivity index (χ0) is 24.9. The van der Waals surface area contributed by atoms with Crippen LogP contribution in [0.25, 0.3) is 22.4 Å². The molecule has 0 saturated heterocycles. The van der Waals surface area contributed by atoms with Crippen LogP contribution in [0.4, 0.5) is 17.1 Å². The Morgan fingerprint density at radius 2 is 1.73 bits per heavy atom. The molecule has 0 spiro atoms. The molecule has 2 bridgehead atoms. The molecule has 0 atom stereocenters. The second-order valence-corrected chi connectivity index (χ2v) is 11.4. The molecule has 3 aromatic carbocycles. The van der Waals surface area contributed by atoms with Gasteiger partial charge in [0.2, 0.25) is 0 Å². The van der Waals surface area contributed by atoms with Gasteiger partial charge in [0, 0.05) is 35.2 Å². The van der Waals surface area contributed by atoms with E-state index in [-0.39, 0.29) is 0 Å². The fourth-order valence-electron chi connectivity index (χ4n) is 5.08. The smallest absolute Gasteiger partial charge is 0.127 e. The largest absolute Gasteiger partial charge is 0.462 e. The van der Waals surface area contributed by atoms with Crippen molar-refractivity contribution in [1.29, 1.82) is 0 Å². The summed E-state index contributed by atoms with van der Waals surface area (Å²) in [5.41, 5.74) is 8.37. The third kappa shape index (κ3) is 4.38. The predicted octanol–water partition coefficient (Wildman–Crippen LogP) is 8.18. The molecule has 2 aromatic heterocycles. The summed E-state index contributed by atoms with van der Waals surface area (Å²) in [5, 5.41) is 0.948. The summed E-state index contributed by atoms with van der Waals surface area (Å²) in [5.74, 6) is 1.74. The van der Waals surface area contributed by atoms with Crippen molar-refractivity contribution in [2.75, 3.05) is 16.5 Å². The van der Waals surface area contributed by atoms with Gasteiger partial charge in [-0.05, 0) is 96.4 Å². The standard InChI is InChI=1S/C30H23BrN4OS/c1-19-2-6-25(36-19)7-11-30-33-26-8-5-24(14-29(26)37-30)32-15-20-3-9-27-21(12-20)16-34-18-35(27)17-22-13-23(31)4-10-28(22)34/h2-15H,16-18H2,1H3/b11-7+,32-15+. The van der Waals surface area contributed by atoms with Crippen LogP contribution in [0, 0.1) is 6.92 Å². The molecule has 7 heteroatoms. The van der Waals surface area contributed by atoms with E-state index in [0.717, 1.165) is 62.2 Å². The van der Waals surface area contributed by atoms with Crippen LogP contribution >= 0.6 is 27.3 Å². The molecule has 0 amide bonds. The first-order valence-electron chi connectivity index (χ1n) is 12.2. The number of aliphatic imine (C=N–C) groups is 1. The first kappa shape index (κ1) is 22.5. The van der Waals surface area contributed by atoms with Gasteiger partial charge in [0.25, 0.3) is 0 Å². The van der Waals surface area contributed by atoms with E-state index in [9.17, 15) is 0 Å². The second-order valence-electron chi connectivity index (χ2n) is 9.44. The van der Waals surface area contributed by atoms with Crippen molar-refractivity contribution in [3.63, 3.8) is 0 Å². The average Bonchev–Trinajstić information content (AvgIpc) is 3.50. The van der Waals surface area contributed by atoms with Crippen molar-refractivity contribution in [1.82, 2.24) is 4.98 Å². The highest BCUT2D eigenvalue weighted by Crippen LogP contribution is 2.39. The van der Waals surface area contributed by atoms with Crippen LogP contribution in [0.5, 0.6) is 0 Å². The van der Waals surface area contributed by atoms with Gasteiger partial charge in [-0.2, -0.15) is 0 Å². The van der Waals surface area contributed by atoms with Crippen LogP contribution in [0.2, 0.25) is 0 Å². The lowest BCUT2D eigenvalue weighted by molar-refractivity contribution is 0.525. The van der Waals surface area contributed by atoms with Gasteiger partial charge in [-0.1, -0.05) is 22.0 Å². The zero-order valence-corrected chi connectivity index (χ0v) is 22.6. The van der Waals surface area contributed by atoms with Crippen LogP contribution < -0.4 is 9.80 Å². The quantitative estimate of drug-likeness (QED) is 0.206. The first-order chi connectivity index (χ1) is 18.1. The summed E-state index contributed by atoms with van der Waals surface area (Å²) in [6.45, 7) is 4.71. The lowest BCUT2D eigenvalue weighted by Gasteiger charge is -2.44. The molecule has 7 rings (SSSR count). The highest BCUT2D eigenvalue weighted by atomic mass is 79.9. The number of aryl methyl sites for hydroxylation is 1. The SMILES string of the molecule is Cc1ccc(/C=C/c2nc3ccc(/N=C/c4ccc5c(c4)CN4CN5Cc5cc(Br)ccc54)cc3s2)o1. The van der Waals surface area contributed by atoms with Crippen LogP contribution in [0.15, 0.2) is 80.6 Å². The fourth-order valence-corrected chi connectivity index (χ4v) is 6.39. The van der Waals surface area contributed by atoms with E-state index in [0.29, 0.717) is 0 Å². The minimum Gasteiger partial charge on any atom is -0.462 e. The monoisotopic (exact) mass is 566 g/mol. The maximum absolute atomic E-state index is 5.61. The van der Waals surface area contributed by atoms with Gasteiger partial charge in [-0.25, -0.2) is 4.98 Å². The van der Waals surface area contributed by atoms with E-state index in [4.69, 9.17) is 14.4 Å². The average molecular weight is 568 g/mol. The lowest BCUT2D eigenvalue weighted by atomic mass is 10.0. The third-order valence-electron chi connectivity index (χ3n) is 6.79. The lowest BCUT2D eigenvalue weighted by Crippen LogP contribution is -2.46. The molecule has 0 fully saturated rings. The number of nitrogens with zero attached hydrogens (tertiary/aromatic N) is 4. The molecule has 0 aliphatic carbocycles. The summed E-state index contributed by atoms with van der Waals surface area (Å²) < 4.78 is 7.86. The number of hydrogen-bond donors (Lipinski definition) is 0. The number of fused-ring (bicyclic) bond motifs is 7. The number of benzene rings is 3. The maximum atomic E-state index is 5.61. The van der Waals surface area contributed by atoms with Crippen molar-refractivity contribution in [3.05, 3.63) is 104 Å². The van der Waals surface area contributed by atoms with E-state index in [1.54, 1.807) is 11.3 Å². The Morgan fingerprint density at radius 1 is 0.919 bits per heavy atom. The van der Waals surface area contributed by atoms with E-state index >= 15 is 0 Å². The Balaban J connectivity index is 1.11. The van der Waals surface area contributed by atoms with Crippen molar-refractivity contribution in [2.24, 2.45) is 4.99 Å². The number of anilines is 2. The first-order valence-corrected chi connectivity index (χ1v) is 13.8. The molecule has 37 heavy (non-hydrogen) atoms. The number of rotatable bonds is 4. The molecule has 4 heterocycles. The van der Waals surface area contributed by atoms with Gasteiger partial charge in [0.05, 0.1) is 22.6 Å². The number of furan rings is 1. The molecule has 0 unspecified atom stereocenters. The normalized spacial score (nSPS) is 14.6. The molecule has 0 N–H and O–H groups in total. The van der Waals surface area contributed by atoms with Gasteiger partial charge < -0.3 is 14.2 Å². The maximum Gasteiger partial charge on any atom is 0.127 e. The topological polar surface area (TPSA) is 44.9 Å². The van der Waals surface area contributed by atoms with Crippen molar-refractivity contribution in [3.8, 4) is 0 Å². The number of aromatic nitrogens is 1. The highest BCUT2D eigenvalue weighted by Gasteiger charge is 2.29. The molecule has 182 valence electrons. The van der Waals surface area contributed by atoms with Crippen LogP contribution in [-0.4, -0.2) is 17.9 Å². The van der Waals surface area contributed by atoms with Crippen molar-refractivity contribution < 1.29 is 4.42 Å². The Morgan fingerprint density at radius 3 is 2.54 bits per heavy atom. The summed E-state index contributed by atoms with van der Waals surface area (Å²) in [7, 11) is 0. The van der Waals surface area contributed by atoms with E-state index in [2.05, 4.69) is 68.2 Å². The predicted molar refractivity (Wildman–Crippen MR) is 157 cm³/mol. The molecule has 0 saturated carbocycles. The van der Waals surface area contributed by atoms with E-state index < -0.39 is 0 Å². The van der Waals surface area contributed by atoms with Crippen molar-refractivity contribution >= 4 is 72.9 Å². The molecule has 0 radical (unpaired) electrons. The fraction of sp³-hybridized carbons (Fsp3) is 0.133. The van der Waals surface area contributed by atoms with Crippen LogP contribution in [-0.2, 0) is 13.1 Å². The molecule has 2 aliphatic heterocycles. The Bertz CT molecular complexity index is 1720. The van der Waals surface area contributed by atoms with Gasteiger partial charge >= 0.3 is 0 Å². The van der Waals surface area contributed by atoms with E-state index in [1.165, 1.54) is 22.5 Å². The summed E-state index contributed by atoms with van der Waals surface area (Å²) in [6.07, 6.45) is 5.92. The van der Waals surface area contributed by atoms with Gasteiger partial charge in [-0.15, -0.1) is 11.3 Å². The van der Waals surface area contributed by atoms with Crippen molar-refractivity contribution in [2.45, 2.75) is 20.0 Å². The number of halogens is 1. The van der Waals surface area contributed by atoms with Crippen LogP contribution in [0.1, 0.15) is 33.2 Å². The van der Waals surface area contributed by atoms with Gasteiger partial charge in [0.1, 0.15) is 16.5 Å². The van der Waals surface area contributed by atoms with E-state index in [1.807, 2.05) is 49.6 Å². The summed E-state index contributed by atoms with van der Waals surface area (Å²) >= 11 is 5.27. The minimum absolute atomic E-state index is 0.835. The summed E-state index contributed by atoms with van der Waals surface area (Å²) in [6, 6.07) is 23.4. The van der Waals surface area contributed by atoms with Gasteiger partial charge in [0.15, 0.2) is 0 Å². The Hall–Kier alpha value is -3.68. The molecular formula is C30H23BrN4OS. The Kier molecular flexibility index (Phi) is 5.48. The molecule has 2 aliphatic rings. The minimum atomic E-state index is 0.835. The Labute approximate surface area is 227 Å².